The Kier molecular flexibility index (Phi) is 5.26. The summed E-state index contributed by atoms with van der Waals surface area (Å²) >= 11 is 0. The molecule has 2 amide bonds. The summed E-state index contributed by atoms with van der Waals surface area (Å²) in [6.45, 7) is 2.66. The van der Waals surface area contributed by atoms with Gasteiger partial charge in [0.15, 0.2) is 0 Å². The van der Waals surface area contributed by atoms with Crippen molar-refractivity contribution in [2.75, 3.05) is 13.6 Å². The molecule has 140 valence electrons. The van der Waals surface area contributed by atoms with E-state index in [4.69, 9.17) is 0 Å². The number of carbonyl (C=O) groups is 3. The highest BCUT2D eigenvalue weighted by molar-refractivity contribution is 6.00. The molecular formula is C21H22N2O4. The van der Waals surface area contributed by atoms with Crippen LogP contribution in [0, 0.1) is 0 Å². The highest BCUT2D eigenvalue weighted by Crippen LogP contribution is 2.25. The van der Waals surface area contributed by atoms with Crippen LogP contribution in [0.3, 0.4) is 0 Å². The Morgan fingerprint density at radius 3 is 2.41 bits per heavy atom. The number of nitrogens with zero attached hydrogens (tertiary/aromatic N) is 2. The van der Waals surface area contributed by atoms with E-state index in [0.29, 0.717) is 17.7 Å². The topological polar surface area (TPSA) is 77.9 Å². The molecule has 2 aromatic rings. The molecule has 1 aliphatic rings. The quantitative estimate of drug-likeness (QED) is 0.901. The second-order valence-electron chi connectivity index (χ2n) is 6.66. The number of carboxylic acid groups (broad SMARTS) is 1. The molecule has 0 aliphatic carbocycles. The van der Waals surface area contributed by atoms with Crippen LogP contribution >= 0.6 is 0 Å². The maximum atomic E-state index is 13.1. The summed E-state index contributed by atoms with van der Waals surface area (Å²) in [6, 6.07) is 13.1. The van der Waals surface area contributed by atoms with Gasteiger partial charge in [0.2, 0.25) is 0 Å². The summed E-state index contributed by atoms with van der Waals surface area (Å²) in [4.78, 5) is 40.1. The minimum atomic E-state index is -1.03. The number of rotatable bonds is 4. The van der Waals surface area contributed by atoms with Crippen molar-refractivity contribution >= 4 is 17.8 Å². The van der Waals surface area contributed by atoms with Gasteiger partial charge in [0.1, 0.15) is 6.04 Å². The van der Waals surface area contributed by atoms with Crippen molar-refractivity contribution in [2.45, 2.75) is 25.9 Å². The maximum absolute atomic E-state index is 13.1. The molecule has 1 unspecified atom stereocenters. The highest BCUT2D eigenvalue weighted by atomic mass is 16.4. The molecule has 6 heteroatoms. The molecule has 0 aromatic heterocycles. The average molecular weight is 366 g/mol. The predicted octanol–water partition coefficient (Wildman–Crippen LogP) is 2.43. The lowest BCUT2D eigenvalue weighted by molar-refractivity contribution is -0.142. The largest absolute Gasteiger partial charge is 0.480 e. The Labute approximate surface area is 158 Å². The second kappa shape index (κ2) is 7.61. The smallest absolute Gasteiger partial charge is 0.326 e. The summed E-state index contributed by atoms with van der Waals surface area (Å²) in [5, 5.41) is 9.62. The maximum Gasteiger partial charge on any atom is 0.326 e. The molecule has 0 bridgehead atoms. The molecule has 1 heterocycles. The van der Waals surface area contributed by atoms with Gasteiger partial charge < -0.3 is 14.9 Å². The van der Waals surface area contributed by atoms with Crippen LogP contribution in [0.4, 0.5) is 0 Å². The van der Waals surface area contributed by atoms with Gasteiger partial charge >= 0.3 is 5.97 Å². The third-order valence-electron chi connectivity index (χ3n) is 4.97. The lowest BCUT2D eigenvalue weighted by Crippen LogP contribution is -2.48. The molecule has 0 spiro atoms. The number of carboxylic acids is 1. The first-order chi connectivity index (χ1) is 12.9. The molecule has 0 fully saturated rings. The first kappa shape index (κ1) is 18.6. The summed E-state index contributed by atoms with van der Waals surface area (Å²) in [5.74, 6) is -1.59. The van der Waals surface area contributed by atoms with E-state index in [1.54, 1.807) is 30.1 Å². The van der Waals surface area contributed by atoms with E-state index in [-0.39, 0.29) is 24.8 Å². The number of benzene rings is 2. The molecule has 2 aromatic carbocycles. The van der Waals surface area contributed by atoms with Crippen LogP contribution in [0.1, 0.15) is 38.8 Å². The Hall–Kier alpha value is -3.15. The number of fused-ring (bicyclic) bond motifs is 1. The van der Waals surface area contributed by atoms with E-state index < -0.39 is 12.0 Å². The van der Waals surface area contributed by atoms with Gasteiger partial charge in [-0.05, 0) is 36.2 Å². The van der Waals surface area contributed by atoms with E-state index in [0.717, 1.165) is 11.1 Å². The molecule has 1 aliphatic heterocycles. The number of carbonyl (C=O) groups excluding carboxylic acids is 2. The first-order valence-corrected chi connectivity index (χ1v) is 8.88. The van der Waals surface area contributed by atoms with E-state index in [2.05, 4.69) is 0 Å². The van der Waals surface area contributed by atoms with Crippen LogP contribution in [0.5, 0.6) is 0 Å². The Morgan fingerprint density at radius 1 is 1.07 bits per heavy atom. The van der Waals surface area contributed by atoms with E-state index in [1.807, 2.05) is 31.2 Å². The van der Waals surface area contributed by atoms with Crippen LogP contribution in [0.15, 0.2) is 48.5 Å². The van der Waals surface area contributed by atoms with Crippen molar-refractivity contribution in [2.24, 2.45) is 0 Å². The molecule has 1 N–H and O–H groups in total. The first-order valence-electron chi connectivity index (χ1n) is 8.88. The van der Waals surface area contributed by atoms with Gasteiger partial charge in [-0.25, -0.2) is 4.79 Å². The van der Waals surface area contributed by atoms with E-state index in [1.165, 1.54) is 11.0 Å². The monoisotopic (exact) mass is 366 g/mol. The van der Waals surface area contributed by atoms with Crippen LogP contribution in [-0.4, -0.2) is 52.3 Å². The van der Waals surface area contributed by atoms with Crippen molar-refractivity contribution < 1.29 is 19.5 Å². The summed E-state index contributed by atoms with van der Waals surface area (Å²) in [7, 11) is 1.69. The lowest BCUT2D eigenvalue weighted by atomic mass is 9.93. The van der Waals surface area contributed by atoms with Crippen molar-refractivity contribution in [3.05, 3.63) is 70.8 Å². The fraction of sp³-hybridized carbons (Fsp3) is 0.286. The zero-order valence-corrected chi connectivity index (χ0v) is 15.4. The van der Waals surface area contributed by atoms with Gasteiger partial charge in [0.05, 0.1) is 0 Å². The lowest BCUT2D eigenvalue weighted by Gasteiger charge is -2.34. The predicted molar refractivity (Wildman–Crippen MR) is 101 cm³/mol. The number of hydrogen-bond acceptors (Lipinski definition) is 3. The molecule has 0 saturated heterocycles. The number of amides is 2. The molecule has 0 radical (unpaired) electrons. The zero-order chi connectivity index (χ0) is 19.6. The van der Waals surface area contributed by atoms with E-state index in [9.17, 15) is 19.5 Å². The third-order valence-corrected chi connectivity index (χ3v) is 4.97. The molecule has 27 heavy (non-hydrogen) atoms. The summed E-state index contributed by atoms with van der Waals surface area (Å²) < 4.78 is 0. The fourth-order valence-electron chi connectivity index (χ4n) is 3.27. The standard InChI is InChI=1S/C21H22N2O4/c1-3-22(2)19(24)15-9-6-10-16(11-15)20(25)23-13-17-8-5-4-7-14(17)12-18(23)21(26)27/h4-11,18H,3,12-13H2,1-2H3,(H,26,27). The van der Waals surface area contributed by atoms with Crippen molar-refractivity contribution in [3.63, 3.8) is 0 Å². The Morgan fingerprint density at radius 2 is 1.74 bits per heavy atom. The Balaban J connectivity index is 1.92. The summed E-state index contributed by atoms with van der Waals surface area (Å²) in [5.41, 5.74) is 2.62. The van der Waals surface area contributed by atoms with Crippen LogP contribution in [0.2, 0.25) is 0 Å². The number of aliphatic carboxylic acids is 1. The molecular weight excluding hydrogens is 344 g/mol. The van der Waals surface area contributed by atoms with Gasteiger partial charge in [0.25, 0.3) is 11.8 Å². The molecule has 0 saturated carbocycles. The van der Waals surface area contributed by atoms with Crippen molar-refractivity contribution in [3.8, 4) is 0 Å². The SMILES string of the molecule is CCN(C)C(=O)c1cccc(C(=O)N2Cc3ccccc3CC2C(=O)O)c1. The second-order valence-corrected chi connectivity index (χ2v) is 6.66. The minimum Gasteiger partial charge on any atom is -0.480 e. The van der Waals surface area contributed by atoms with Crippen molar-refractivity contribution in [1.29, 1.82) is 0 Å². The van der Waals surface area contributed by atoms with Crippen LogP contribution in [-0.2, 0) is 17.8 Å². The van der Waals surface area contributed by atoms with Crippen molar-refractivity contribution in [1.82, 2.24) is 9.80 Å². The number of hydrogen-bond donors (Lipinski definition) is 1. The minimum absolute atomic E-state index is 0.175. The third kappa shape index (κ3) is 3.69. The highest BCUT2D eigenvalue weighted by Gasteiger charge is 2.35. The Bertz CT molecular complexity index is 893. The van der Waals surface area contributed by atoms with Crippen LogP contribution < -0.4 is 0 Å². The summed E-state index contributed by atoms with van der Waals surface area (Å²) in [6.07, 6.45) is 0.272. The average Bonchev–Trinajstić information content (AvgIpc) is 2.71. The van der Waals surface area contributed by atoms with Gasteiger partial charge in [-0.2, -0.15) is 0 Å². The van der Waals surface area contributed by atoms with E-state index >= 15 is 0 Å². The normalized spacial score (nSPS) is 15.8. The van der Waals surface area contributed by atoms with Gasteiger partial charge in [0, 0.05) is 37.7 Å². The van der Waals surface area contributed by atoms with Gasteiger partial charge in [-0.1, -0.05) is 30.3 Å². The molecule has 1 atom stereocenters. The van der Waals surface area contributed by atoms with Crippen LogP contribution in [0.25, 0.3) is 0 Å². The zero-order valence-electron chi connectivity index (χ0n) is 15.4. The molecule has 6 nitrogen and oxygen atoms in total. The van der Waals surface area contributed by atoms with Gasteiger partial charge in [-0.15, -0.1) is 0 Å². The fourth-order valence-corrected chi connectivity index (χ4v) is 3.27. The van der Waals surface area contributed by atoms with Gasteiger partial charge in [-0.3, -0.25) is 9.59 Å². The molecule has 3 rings (SSSR count).